The third-order valence-electron chi connectivity index (χ3n) is 6.30. The number of fused-ring (bicyclic) bond motifs is 3. The van der Waals surface area contributed by atoms with E-state index in [0.717, 1.165) is 57.5 Å². The Hall–Kier alpha value is -2.24. The molecule has 0 spiro atoms. The summed E-state index contributed by atoms with van der Waals surface area (Å²) in [5, 5.41) is 11.6. The summed E-state index contributed by atoms with van der Waals surface area (Å²) in [5.41, 5.74) is 11.1. The van der Waals surface area contributed by atoms with Gasteiger partial charge in [0.25, 0.3) is 5.56 Å². The Morgan fingerprint density at radius 1 is 1.15 bits per heavy atom. The number of aromatic hydroxyl groups is 1. The van der Waals surface area contributed by atoms with Gasteiger partial charge in [0, 0.05) is 34.2 Å². The Labute approximate surface area is 161 Å². The van der Waals surface area contributed by atoms with E-state index in [1.54, 1.807) is 23.9 Å². The van der Waals surface area contributed by atoms with E-state index in [2.05, 4.69) is 29.2 Å². The van der Waals surface area contributed by atoms with Crippen molar-refractivity contribution in [3.63, 3.8) is 0 Å². The molecule has 0 radical (unpaired) electrons. The minimum atomic E-state index is -0.0261. The molecular weight excluding hydrogens is 356 g/mol. The summed E-state index contributed by atoms with van der Waals surface area (Å²) < 4.78 is 0. The second kappa shape index (κ2) is 6.14. The zero-order valence-electron chi connectivity index (χ0n) is 15.0. The molecule has 0 atom stereocenters. The van der Waals surface area contributed by atoms with Crippen LogP contribution >= 0.6 is 11.8 Å². The molecule has 1 saturated carbocycles. The van der Waals surface area contributed by atoms with E-state index in [-0.39, 0.29) is 16.7 Å². The highest BCUT2D eigenvalue weighted by atomic mass is 32.2. The van der Waals surface area contributed by atoms with Gasteiger partial charge in [-0.05, 0) is 48.1 Å². The zero-order valence-corrected chi connectivity index (χ0v) is 15.9. The monoisotopic (exact) mass is 378 g/mol. The molecule has 1 aliphatic carbocycles. The van der Waals surface area contributed by atoms with Crippen LogP contribution in [-0.2, 0) is 11.8 Å². The number of H-pyrrole nitrogens is 1. The fourth-order valence-corrected chi connectivity index (χ4v) is 5.65. The van der Waals surface area contributed by atoms with Crippen molar-refractivity contribution in [1.82, 2.24) is 4.98 Å². The molecule has 138 valence electrons. The Kier molecular flexibility index (Phi) is 3.85. The maximum atomic E-state index is 12.3. The molecule has 1 aliphatic heterocycles. The number of pyridine rings is 1. The van der Waals surface area contributed by atoms with Crippen molar-refractivity contribution in [3.8, 4) is 16.9 Å². The molecule has 0 unspecified atom stereocenters. The predicted octanol–water partition coefficient (Wildman–Crippen LogP) is 3.93. The van der Waals surface area contributed by atoms with Gasteiger partial charge in [0.05, 0.1) is 4.90 Å². The molecule has 4 N–H and O–H groups in total. The van der Waals surface area contributed by atoms with Gasteiger partial charge in [-0.15, -0.1) is 11.8 Å². The van der Waals surface area contributed by atoms with Crippen LogP contribution in [0.4, 0.5) is 0 Å². The van der Waals surface area contributed by atoms with Crippen LogP contribution in [0.3, 0.4) is 0 Å². The number of benzene rings is 2. The molecular formula is C22H22N2O2S. The number of hydrogen-bond donors (Lipinski definition) is 3. The van der Waals surface area contributed by atoms with Crippen LogP contribution in [0.1, 0.15) is 30.4 Å². The zero-order chi connectivity index (χ0) is 18.6. The van der Waals surface area contributed by atoms with E-state index in [9.17, 15) is 9.90 Å². The SMILES string of the molecule is NCC1(c2ccc(-c3c(O)ccc4[nH]c(=O)c5c(c34)CCS5)cc2)CCC1. The van der Waals surface area contributed by atoms with Crippen LogP contribution in [0.25, 0.3) is 22.0 Å². The second-order valence-corrected chi connectivity index (χ2v) is 8.76. The minimum Gasteiger partial charge on any atom is -0.507 e. The first-order chi connectivity index (χ1) is 13.1. The van der Waals surface area contributed by atoms with Gasteiger partial charge in [-0.3, -0.25) is 4.79 Å². The first kappa shape index (κ1) is 16.9. The average molecular weight is 378 g/mol. The summed E-state index contributed by atoms with van der Waals surface area (Å²) in [7, 11) is 0. The summed E-state index contributed by atoms with van der Waals surface area (Å²) in [6, 6.07) is 11.9. The average Bonchev–Trinajstić information content (AvgIpc) is 3.13. The first-order valence-corrected chi connectivity index (χ1v) is 10.5. The Morgan fingerprint density at radius 2 is 1.93 bits per heavy atom. The number of nitrogens with two attached hydrogens (primary N) is 1. The molecule has 3 aromatic rings. The maximum absolute atomic E-state index is 12.3. The van der Waals surface area contributed by atoms with Crippen molar-refractivity contribution in [2.45, 2.75) is 36.0 Å². The summed E-state index contributed by atoms with van der Waals surface area (Å²) in [4.78, 5) is 16.1. The smallest absolute Gasteiger partial charge is 0.262 e. The number of nitrogens with one attached hydrogen (secondary N) is 1. The molecule has 1 fully saturated rings. The predicted molar refractivity (Wildman–Crippen MR) is 111 cm³/mol. The van der Waals surface area contributed by atoms with E-state index in [0.29, 0.717) is 6.54 Å². The molecule has 1 aromatic heterocycles. The first-order valence-electron chi connectivity index (χ1n) is 9.48. The highest BCUT2D eigenvalue weighted by molar-refractivity contribution is 7.99. The quantitative estimate of drug-likeness (QED) is 0.645. The molecule has 2 heterocycles. The molecule has 2 aromatic carbocycles. The lowest BCUT2D eigenvalue weighted by Crippen LogP contribution is -2.41. The standard InChI is InChI=1S/C22H22N2O2S/c23-12-22(9-1-10-22)14-4-2-13(3-5-14)18-17(25)7-6-16-19(18)15-8-11-27-20(15)21(26)24-16/h2-7,25H,1,8-12,23H2,(H,24,26). The number of rotatable bonds is 3. The fourth-order valence-electron chi connectivity index (χ4n) is 4.58. The lowest BCUT2D eigenvalue weighted by Gasteiger charge is -2.41. The Bertz CT molecular complexity index is 1090. The molecule has 5 rings (SSSR count). The van der Waals surface area contributed by atoms with Crippen LogP contribution in [-0.4, -0.2) is 22.4 Å². The number of aromatic nitrogens is 1. The van der Waals surface area contributed by atoms with Crippen molar-refractivity contribution in [2.24, 2.45) is 5.73 Å². The van der Waals surface area contributed by atoms with Gasteiger partial charge >= 0.3 is 0 Å². The van der Waals surface area contributed by atoms with Gasteiger partial charge < -0.3 is 15.8 Å². The largest absolute Gasteiger partial charge is 0.507 e. The van der Waals surface area contributed by atoms with Gasteiger partial charge in [0.2, 0.25) is 0 Å². The summed E-state index contributed by atoms with van der Waals surface area (Å²) >= 11 is 1.60. The van der Waals surface area contributed by atoms with E-state index in [4.69, 9.17) is 5.73 Å². The Balaban J connectivity index is 1.70. The number of thioether (sulfide) groups is 1. The third kappa shape index (κ3) is 2.45. The van der Waals surface area contributed by atoms with Gasteiger partial charge in [-0.1, -0.05) is 30.7 Å². The van der Waals surface area contributed by atoms with Crippen LogP contribution in [0.15, 0.2) is 46.1 Å². The molecule has 0 amide bonds. The third-order valence-corrected chi connectivity index (χ3v) is 7.43. The molecule has 0 bridgehead atoms. The lowest BCUT2D eigenvalue weighted by atomic mass is 9.64. The van der Waals surface area contributed by atoms with Crippen LogP contribution in [0.2, 0.25) is 0 Å². The summed E-state index contributed by atoms with van der Waals surface area (Å²) in [6.07, 6.45) is 4.38. The van der Waals surface area contributed by atoms with Crippen molar-refractivity contribution in [1.29, 1.82) is 0 Å². The number of phenols is 1. The van der Waals surface area contributed by atoms with E-state index in [1.807, 2.05) is 0 Å². The van der Waals surface area contributed by atoms with Gasteiger partial charge in [-0.25, -0.2) is 0 Å². The van der Waals surface area contributed by atoms with Crippen molar-refractivity contribution < 1.29 is 5.11 Å². The van der Waals surface area contributed by atoms with Gasteiger partial charge in [-0.2, -0.15) is 0 Å². The number of hydrogen-bond acceptors (Lipinski definition) is 4. The minimum absolute atomic E-state index is 0.0261. The molecule has 5 heteroatoms. The topological polar surface area (TPSA) is 79.1 Å². The Morgan fingerprint density at radius 3 is 2.59 bits per heavy atom. The van der Waals surface area contributed by atoms with Crippen molar-refractivity contribution >= 4 is 22.7 Å². The lowest BCUT2D eigenvalue weighted by molar-refractivity contribution is 0.253. The van der Waals surface area contributed by atoms with Crippen molar-refractivity contribution in [3.05, 3.63) is 57.9 Å². The van der Waals surface area contributed by atoms with Gasteiger partial charge in [0.1, 0.15) is 5.75 Å². The number of aryl methyl sites for hydroxylation is 1. The maximum Gasteiger partial charge on any atom is 0.262 e. The molecule has 0 saturated heterocycles. The normalized spacial score (nSPS) is 17.7. The van der Waals surface area contributed by atoms with E-state index in [1.165, 1.54) is 12.0 Å². The summed E-state index contributed by atoms with van der Waals surface area (Å²) in [5.74, 6) is 1.16. The van der Waals surface area contributed by atoms with E-state index < -0.39 is 0 Å². The molecule has 27 heavy (non-hydrogen) atoms. The van der Waals surface area contributed by atoms with E-state index >= 15 is 0 Å². The number of aromatic amines is 1. The van der Waals surface area contributed by atoms with Crippen LogP contribution in [0, 0.1) is 0 Å². The van der Waals surface area contributed by atoms with Crippen LogP contribution < -0.4 is 11.3 Å². The molecule has 2 aliphatic rings. The van der Waals surface area contributed by atoms with Gasteiger partial charge in [0.15, 0.2) is 0 Å². The number of phenolic OH excluding ortho intramolecular Hbond substituents is 1. The molecule has 4 nitrogen and oxygen atoms in total. The van der Waals surface area contributed by atoms with Crippen LogP contribution in [0.5, 0.6) is 5.75 Å². The fraction of sp³-hybridized carbons (Fsp3) is 0.318. The summed E-state index contributed by atoms with van der Waals surface area (Å²) in [6.45, 7) is 0.678. The van der Waals surface area contributed by atoms with Crippen molar-refractivity contribution in [2.75, 3.05) is 12.3 Å². The highest BCUT2D eigenvalue weighted by Crippen LogP contribution is 2.45. The second-order valence-electron chi connectivity index (χ2n) is 7.66. The highest BCUT2D eigenvalue weighted by Gasteiger charge is 2.37.